The molecule has 0 saturated carbocycles. The minimum Gasteiger partial charge on any atom is -0.369 e. The van der Waals surface area contributed by atoms with Crippen LogP contribution in [0.5, 0.6) is 0 Å². The van der Waals surface area contributed by atoms with Gasteiger partial charge in [-0.2, -0.15) is 4.89 Å². The van der Waals surface area contributed by atoms with E-state index in [0.717, 1.165) is 6.42 Å². The second kappa shape index (κ2) is 5.97. The van der Waals surface area contributed by atoms with Gasteiger partial charge >= 0.3 is 5.97 Å². The Morgan fingerprint density at radius 1 is 1.42 bits per heavy atom. The van der Waals surface area contributed by atoms with Crippen LogP contribution in [0.2, 0.25) is 0 Å². The number of hydrogen-bond donors (Lipinski definition) is 0. The standard InChI is InChI=1S/C8H16O4/c1-5-6(2)7(10-3)8(9)12-11-4/h6-7H,5H2,1-4H3. The Balaban J connectivity index is 4.04. The minimum absolute atomic E-state index is 0.137. The summed E-state index contributed by atoms with van der Waals surface area (Å²) in [6.45, 7) is 3.90. The van der Waals surface area contributed by atoms with Gasteiger partial charge in [0.05, 0.1) is 7.11 Å². The summed E-state index contributed by atoms with van der Waals surface area (Å²) in [7, 11) is 2.77. The maximum Gasteiger partial charge on any atom is 0.371 e. The molecule has 2 atom stereocenters. The molecule has 4 nitrogen and oxygen atoms in total. The van der Waals surface area contributed by atoms with Gasteiger partial charge in [0.15, 0.2) is 6.10 Å². The summed E-state index contributed by atoms with van der Waals surface area (Å²) in [6.07, 6.45) is 0.326. The number of hydrogen-bond acceptors (Lipinski definition) is 4. The summed E-state index contributed by atoms with van der Waals surface area (Å²) < 4.78 is 4.96. The van der Waals surface area contributed by atoms with E-state index in [0.29, 0.717) is 0 Å². The number of methoxy groups -OCH3 is 1. The van der Waals surface area contributed by atoms with Crippen LogP contribution in [0.3, 0.4) is 0 Å². The van der Waals surface area contributed by atoms with Crippen molar-refractivity contribution in [1.29, 1.82) is 0 Å². The van der Waals surface area contributed by atoms with Gasteiger partial charge in [0.25, 0.3) is 0 Å². The molecule has 2 unspecified atom stereocenters. The SMILES string of the molecule is CCC(C)C(OC)C(=O)OOC. The van der Waals surface area contributed by atoms with E-state index in [4.69, 9.17) is 4.74 Å². The van der Waals surface area contributed by atoms with Crippen LogP contribution >= 0.6 is 0 Å². The molecule has 0 spiro atoms. The molecule has 72 valence electrons. The highest BCUT2D eigenvalue weighted by Gasteiger charge is 2.25. The number of rotatable bonds is 5. The molecule has 12 heavy (non-hydrogen) atoms. The molecule has 4 heteroatoms. The zero-order valence-corrected chi connectivity index (χ0v) is 7.99. The highest BCUT2D eigenvalue weighted by molar-refractivity contribution is 5.74. The molecular weight excluding hydrogens is 160 g/mol. The molecule has 0 aliphatic rings. The minimum atomic E-state index is -0.532. The molecule has 0 saturated heterocycles. The molecule has 0 heterocycles. The third-order valence-electron chi connectivity index (χ3n) is 1.81. The van der Waals surface area contributed by atoms with Gasteiger partial charge in [-0.1, -0.05) is 20.3 Å². The van der Waals surface area contributed by atoms with Crippen molar-refractivity contribution in [2.45, 2.75) is 26.4 Å². The smallest absolute Gasteiger partial charge is 0.369 e. The first-order valence-corrected chi connectivity index (χ1v) is 3.94. The maximum atomic E-state index is 11.1. The van der Waals surface area contributed by atoms with Gasteiger partial charge in [0, 0.05) is 7.11 Å². The summed E-state index contributed by atoms with van der Waals surface area (Å²) in [5, 5.41) is 0. The second-order valence-electron chi connectivity index (χ2n) is 2.61. The van der Waals surface area contributed by atoms with Gasteiger partial charge in [-0.15, -0.1) is 0 Å². The van der Waals surface area contributed by atoms with E-state index in [1.165, 1.54) is 14.2 Å². The van der Waals surface area contributed by atoms with E-state index in [9.17, 15) is 4.79 Å². The largest absolute Gasteiger partial charge is 0.371 e. The average Bonchev–Trinajstić information content (AvgIpc) is 2.06. The van der Waals surface area contributed by atoms with Gasteiger partial charge in [0.1, 0.15) is 0 Å². The molecule has 0 aromatic carbocycles. The third-order valence-corrected chi connectivity index (χ3v) is 1.81. The van der Waals surface area contributed by atoms with E-state index in [2.05, 4.69) is 9.78 Å². The van der Waals surface area contributed by atoms with Crippen LogP contribution in [-0.4, -0.2) is 26.3 Å². The Morgan fingerprint density at radius 3 is 2.33 bits per heavy atom. The van der Waals surface area contributed by atoms with E-state index in [-0.39, 0.29) is 5.92 Å². The van der Waals surface area contributed by atoms with Gasteiger partial charge in [-0.3, -0.25) is 4.89 Å². The lowest BCUT2D eigenvalue weighted by Crippen LogP contribution is -2.31. The van der Waals surface area contributed by atoms with Crippen LogP contribution in [0.25, 0.3) is 0 Å². The topological polar surface area (TPSA) is 44.8 Å². The fraction of sp³-hybridized carbons (Fsp3) is 0.875. The number of carbonyl (C=O) groups is 1. The van der Waals surface area contributed by atoms with Gasteiger partial charge in [0.2, 0.25) is 0 Å². The van der Waals surface area contributed by atoms with Crippen molar-refractivity contribution in [2.24, 2.45) is 5.92 Å². The van der Waals surface area contributed by atoms with E-state index < -0.39 is 12.1 Å². The molecule has 0 aliphatic carbocycles. The molecule has 0 aromatic heterocycles. The predicted molar refractivity (Wildman–Crippen MR) is 43.4 cm³/mol. The molecule has 0 aromatic rings. The first-order valence-electron chi connectivity index (χ1n) is 3.94. The monoisotopic (exact) mass is 176 g/mol. The molecule has 0 aliphatic heterocycles. The summed E-state index contributed by atoms with van der Waals surface area (Å²) in [5.41, 5.74) is 0. The summed E-state index contributed by atoms with van der Waals surface area (Å²) in [5.74, 6) is -0.341. The Kier molecular flexibility index (Phi) is 5.66. The first kappa shape index (κ1) is 11.4. The zero-order valence-electron chi connectivity index (χ0n) is 7.99. The molecule has 0 rings (SSSR count). The Bertz CT molecular complexity index is 135. The van der Waals surface area contributed by atoms with Crippen molar-refractivity contribution in [3.63, 3.8) is 0 Å². The number of ether oxygens (including phenoxy) is 1. The van der Waals surface area contributed by atoms with Crippen molar-refractivity contribution >= 4 is 5.97 Å². The van der Waals surface area contributed by atoms with E-state index in [1.807, 2.05) is 13.8 Å². The Morgan fingerprint density at radius 2 is 2.00 bits per heavy atom. The molecule has 0 bridgehead atoms. The van der Waals surface area contributed by atoms with Crippen LogP contribution < -0.4 is 0 Å². The fourth-order valence-corrected chi connectivity index (χ4v) is 0.904. The van der Waals surface area contributed by atoms with Gasteiger partial charge < -0.3 is 4.74 Å². The van der Waals surface area contributed by atoms with Crippen molar-refractivity contribution in [3.8, 4) is 0 Å². The van der Waals surface area contributed by atoms with Crippen LogP contribution in [0.4, 0.5) is 0 Å². The van der Waals surface area contributed by atoms with E-state index >= 15 is 0 Å². The lowest BCUT2D eigenvalue weighted by atomic mass is 10.0. The third kappa shape index (κ3) is 3.19. The van der Waals surface area contributed by atoms with Crippen molar-refractivity contribution in [2.75, 3.05) is 14.2 Å². The summed E-state index contributed by atoms with van der Waals surface area (Å²) in [6, 6.07) is 0. The first-order chi connectivity index (χ1) is 5.67. The summed E-state index contributed by atoms with van der Waals surface area (Å²) in [4.78, 5) is 19.7. The highest BCUT2D eigenvalue weighted by Crippen LogP contribution is 2.12. The molecule has 0 radical (unpaired) electrons. The summed E-state index contributed by atoms with van der Waals surface area (Å²) >= 11 is 0. The number of carbonyl (C=O) groups excluding carboxylic acids is 1. The van der Waals surface area contributed by atoms with Crippen LogP contribution in [0, 0.1) is 5.92 Å². The predicted octanol–water partition coefficient (Wildman–Crippen LogP) is 1.15. The molecule has 0 fully saturated rings. The quantitative estimate of drug-likeness (QED) is 0.465. The molecular formula is C8H16O4. The molecule has 0 N–H and O–H groups in total. The zero-order chi connectivity index (χ0) is 9.56. The van der Waals surface area contributed by atoms with Crippen molar-refractivity contribution in [1.82, 2.24) is 0 Å². The van der Waals surface area contributed by atoms with Crippen molar-refractivity contribution in [3.05, 3.63) is 0 Å². The normalized spacial score (nSPS) is 15.3. The lowest BCUT2D eigenvalue weighted by Gasteiger charge is -2.17. The average molecular weight is 176 g/mol. The molecule has 0 amide bonds. The van der Waals surface area contributed by atoms with Crippen LogP contribution in [0.1, 0.15) is 20.3 Å². The van der Waals surface area contributed by atoms with Crippen molar-refractivity contribution < 1.29 is 19.3 Å². The second-order valence-corrected chi connectivity index (χ2v) is 2.61. The van der Waals surface area contributed by atoms with Crippen LogP contribution in [0.15, 0.2) is 0 Å². The Hall–Kier alpha value is -0.610. The van der Waals surface area contributed by atoms with Gasteiger partial charge in [-0.25, -0.2) is 4.79 Å². The lowest BCUT2D eigenvalue weighted by molar-refractivity contribution is -0.264. The fourth-order valence-electron chi connectivity index (χ4n) is 0.904. The Labute approximate surface area is 72.7 Å². The highest BCUT2D eigenvalue weighted by atomic mass is 17.2. The van der Waals surface area contributed by atoms with Gasteiger partial charge in [-0.05, 0) is 5.92 Å². The maximum absolute atomic E-state index is 11.1. The van der Waals surface area contributed by atoms with E-state index in [1.54, 1.807) is 0 Å². The van der Waals surface area contributed by atoms with Crippen LogP contribution in [-0.2, 0) is 19.3 Å².